The van der Waals surface area contributed by atoms with E-state index in [9.17, 15) is 9.90 Å². The Hall–Kier alpha value is -2.61. The summed E-state index contributed by atoms with van der Waals surface area (Å²) in [5.41, 5.74) is 0.226. The molecule has 1 aromatic carbocycles. The number of nitrogens with one attached hydrogen (secondary N) is 2. The number of aliphatic hydroxyl groups is 1. The Morgan fingerprint density at radius 1 is 1.35 bits per heavy atom. The first kappa shape index (κ1) is 18.2. The topological polar surface area (TPSA) is 101 Å². The molecule has 0 spiro atoms. The number of aryl methyl sites for hydroxylation is 1. The number of amides is 2. The molecule has 0 saturated heterocycles. The summed E-state index contributed by atoms with van der Waals surface area (Å²) in [5.74, 6) is 2.50. The van der Waals surface area contributed by atoms with Crippen LogP contribution >= 0.6 is 0 Å². The van der Waals surface area contributed by atoms with Gasteiger partial charge in [0.05, 0.1) is 25.8 Å². The van der Waals surface area contributed by atoms with Crippen LogP contribution in [-0.2, 0) is 25.9 Å². The molecule has 1 aromatic heterocycles. The van der Waals surface area contributed by atoms with Gasteiger partial charge in [-0.3, -0.25) is 0 Å². The molecule has 2 heterocycles. The minimum absolute atomic E-state index is 0.174. The van der Waals surface area contributed by atoms with Crippen LogP contribution in [0.15, 0.2) is 24.3 Å². The van der Waals surface area contributed by atoms with Crippen LogP contribution in [0.1, 0.15) is 30.6 Å². The predicted molar refractivity (Wildman–Crippen MR) is 95.9 cm³/mol. The fraction of sp³-hybridized carbons (Fsp3) is 0.500. The molecule has 8 nitrogen and oxygen atoms in total. The van der Waals surface area contributed by atoms with E-state index in [2.05, 4.69) is 20.8 Å². The van der Waals surface area contributed by atoms with Crippen molar-refractivity contribution in [3.63, 3.8) is 0 Å². The second-order valence-electron chi connectivity index (χ2n) is 6.84. The maximum Gasteiger partial charge on any atom is 0.315 e. The van der Waals surface area contributed by atoms with E-state index in [1.807, 2.05) is 35.8 Å². The van der Waals surface area contributed by atoms with Gasteiger partial charge in [0, 0.05) is 13.0 Å². The van der Waals surface area contributed by atoms with E-state index in [4.69, 9.17) is 4.74 Å². The van der Waals surface area contributed by atoms with Gasteiger partial charge < -0.3 is 25.0 Å². The fourth-order valence-corrected chi connectivity index (χ4v) is 3.15. The lowest BCUT2D eigenvalue weighted by Crippen LogP contribution is -2.53. The van der Waals surface area contributed by atoms with E-state index in [0.717, 1.165) is 42.3 Å². The average Bonchev–Trinajstić information content (AvgIpc) is 3.24. The van der Waals surface area contributed by atoms with Crippen molar-refractivity contribution in [1.82, 2.24) is 25.4 Å². The fourth-order valence-electron chi connectivity index (χ4n) is 3.15. The number of aromatic nitrogens is 3. The summed E-state index contributed by atoms with van der Waals surface area (Å²) in [6.07, 6.45) is 2.50. The maximum absolute atomic E-state index is 12.3. The monoisotopic (exact) mass is 359 g/mol. The van der Waals surface area contributed by atoms with Crippen molar-refractivity contribution in [1.29, 1.82) is 0 Å². The Bertz CT molecular complexity index is 759. The maximum atomic E-state index is 12.3. The number of aliphatic hydroxyl groups excluding tert-OH is 1. The summed E-state index contributed by atoms with van der Waals surface area (Å²) in [6.45, 7) is 2.84. The van der Waals surface area contributed by atoms with Crippen LogP contribution in [0.2, 0.25) is 0 Å². The summed E-state index contributed by atoms with van der Waals surface area (Å²) in [5, 5.41) is 23.7. The molecule has 1 aliphatic heterocycles. The zero-order valence-corrected chi connectivity index (χ0v) is 15.2. The second kappa shape index (κ2) is 7.74. The van der Waals surface area contributed by atoms with Crippen molar-refractivity contribution in [3.05, 3.63) is 41.5 Å². The van der Waals surface area contributed by atoms with Crippen molar-refractivity contribution in [2.75, 3.05) is 13.7 Å². The Morgan fingerprint density at radius 2 is 2.12 bits per heavy atom. The summed E-state index contributed by atoms with van der Waals surface area (Å²) in [6, 6.07) is 7.22. The highest BCUT2D eigenvalue weighted by Crippen LogP contribution is 2.17. The van der Waals surface area contributed by atoms with E-state index in [1.165, 1.54) is 0 Å². The molecule has 0 radical (unpaired) electrons. The Balaban J connectivity index is 1.56. The lowest BCUT2D eigenvalue weighted by molar-refractivity contribution is 0.170. The number of benzene rings is 1. The molecule has 1 unspecified atom stereocenters. The molecular weight excluding hydrogens is 334 g/mol. The molecule has 3 rings (SSSR count). The number of hydrogen-bond donors (Lipinski definition) is 3. The van der Waals surface area contributed by atoms with Crippen molar-refractivity contribution in [2.24, 2.45) is 0 Å². The van der Waals surface area contributed by atoms with Gasteiger partial charge in [0.2, 0.25) is 0 Å². The molecule has 1 aliphatic rings. The van der Waals surface area contributed by atoms with Gasteiger partial charge in [-0.15, -0.1) is 10.2 Å². The SMILES string of the molecule is COc1ccc(CC(C)(CO)NC(=O)NCc2nnc3n2CCC3)cc1. The highest BCUT2D eigenvalue weighted by Gasteiger charge is 2.26. The Kier molecular flexibility index (Phi) is 5.41. The highest BCUT2D eigenvalue weighted by atomic mass is 16.5. The van der Waals surface area contributed by atoms with Gasteiger partial charge in [0.15, 0.2) is 5.82 Å². The van der Waals surface area contributed by atoms with Crippen molar-refractivity contribution >= 4 is 6.03 Å². The molecule has 26 heavy (non-hydrogen) atoms. The summed E-state index contributed by atoms with van der Waals surface area (Å²) in [7, 11) is 1.61. The summed E-state index contributed by atoms with van der Waals surface area (Å²) in [4.78, 5) is 12.3. The third-order valence-corrected chi connectivity index (χ3v) is 4.61. The average molecular weight is 359 g/mol. The van der Waals surface area contributed by atoms with E-state index in [0.29, 0.717) is 13.0 Å². The van der Waals surface area contributed by atoms with Crippen LogP contribution in [0, 0.1) is 0 Å². The van der Waals surface area contributed by atoms with E-state index in [1.54, 1.807) is 7.11 Å². The zero-order valence-electron chi connectivity index (χ0n) is 15.2. The van der Waals surface area contributed by atoms with E-state index >= 15 is 0 Å². The molecule has 0 fully saturated rings. The molecule has 0 aliphatic carbocycles. The lowest BCUT2D eigenvalue weighted by atomic mass is 9.93. The van der Waals surface area contributed by atoms with Gasteiger partial charge in [-0.1, -0.05) is 12.1 Å². The van der Waals surface area contributed by atoms with Gasteiger partial charge in [0.25, 0.3) is 0 Å². The van der Waals surface area contributed by atoms with Crippen LogP contribution in [0.25, 0.3) is 0 Å². The summed E-state index contributed by atoms with van der Waals surface area (Å²) >= 11 is 0. The van der Waals surface area contributed by atoms with Gasteiger partial charge in [0.1, 0.15) is 11.6 Å². The van der Waals surface area contributed by atoms with Crippen molar-refractivity contribution < 1.29 is 14.6 Å². The number of carbonyl (C=O) groups is 1. The number of hydrogen-bond acceptors (Lipinski definition) is 5. The van der Waals surface area contributed by atoms with Crippen LogP contribution in [0.5, 0.6) is 5.75 Å². The van der Waals surface area contributed by atoms with Crippen LogP contribution in [0.3, 0.4) is 0 Å². The Labute approximate surface area is 152 Å². The molecule has 1 atom stereocenters. The first-order chi connectivity index (χ1) is 12.5. The molecular formula is C18H25N5O3. The number of ether oxygens (including phenoxy) is 1. The third kappa shape index (κ3) is 4.13. The minimum atomic E-state index is -0.772. The predicted octanol–water partition coefficient (Wildman–Crippen LogP) is 1.03. The molecule has 8 heteroatoms. The van der Waals surface area contributed by atoms with Crippen molar-refractivity contribution in [2.45, 2.75) is 44.8 Å². The normalized spacial score (nSPS) is 15.2. The quantitative estimate of drug-likeness (QED) is 0.685. The van der Waals surface area contributed by atoms with Gasteiger partial charge in [-0.2, -0.15) is 0 Å². The number of fused-ring (bicyclic) bond motifs is 1. The number of nitrogens with zero attached hydrogens (tertiary/aromatic N) is 3. The highest BCUT2D eigenvalue weighted by molar-refractivity contribution is 5.74. The zero-order chi connectivity index (χ0) is 18.6. The van der Waals surface area contributed by atoms with Gasteiger partial charge >= 0.3 is 6.03 Å². The molecule has 0 saturated carbocycles. The largest absolute Gasteiger partial charge is 0.497 e. The molecule has 3 N–H and O–H groups in total. The smallest absolute Gasteiger partial charge is 0.315 e. The van der Waals surface area contributed by atoms with Crippen LogP contribution < -0.4 is 15.4 Å². The molecule has 140 valence electrons. The van der Waals surface area contributed by atoms with Gasteiger partial charge in [-0.05, 0) is 37.5 Å². The number of urea groups is 1. The standard InChI is InChI=1S/C18H25N5O3/c1-18(12-24,10-13-5-7-14(26-2)8-6-13)20-17(25)19-11-16-22-21-15-4-3-9-23(15)16/h5-8,24H,3-4,9-12H2,1-2H3,(H2,19,20,25). The van der Waals surface area contributed by atoms with Gasteiger partial charge in [-0.25, -0.2) is 4.79 Å². The molecule has 0 bridgehead atoms. The first-order valence-corrected chi connectivity index (χ1v) is 8.74. The number of methoxy groups -OCH3 is 1. The third-order valence-electron chi connectivity index (χ3n) is 4.61. The first-order valence-electron chi connectivity index (χ1n) is 8.74. The van der Waals surface area contributed by atoms with E-state index in [-0.39, 0.29) is 12.6 Å². The number of carbonyl (C=O) groups excluding carboxylic acids is 1. The Morgan fingerprint density at radius 3 is 2.81 bits per heavy atom. The van der Waals surface area contributed by atoms with Crippen LogP contribution in [0.4, 0.5) is 4.79 Å². The minimum Gasteiger partial charge on any atom is -0.497 e. The van der Waals surface area contributed by atoms with E-state index < -0.39 is 5.54 Å². The second-order valence-corrected chi connectivity index (χ2v) is 6.84. The summed E-state index contributed by atoms with van der Waals surface area (Å²) < 4.78 is 7.19. The van der Waals surface area contributed by atoms with Crippen LogP contribution in [-0.4, -0.2) is 45.2 Å². The molecule has 2 amide bonds. The number of rotatable bonds is 7. The molecule has 2 aromatic rings. The van der Waals surface area contributed by atoms with Crippen molar-refractivity contribution in [3.8, 4) is 5.75 Å². The lowest BCUT2D eigenvalue weighted by Gasteiger charge is -2.29.